The molecule has 1 N–H and O–H groups in total. The van der Waals surface area contributed by atoms with Crippen LogP contribution in [0.25, 0.3) is 0 Å². The van der Waals surface area contributed by atoms with Crippen molar-refractivity contribution in [1.82, 2.24) is 0 Å². The van der Waals surface area contributed by atoms with E-state index >= 15 is 0 Å². The zero-order valence-electron chi connectivity index (χ0n) is 12.3. The summed E-state index contributed by atoms with van der Waals surface area (Å²) in [7, 11) is 0. The maximum atomic E-state index is 12.0. The summed E-state index contributed by atoms with van der Waals surface area (Å²) in [4.78, 5) is 0. The minimum atomic E-state index is -0.223. The van der Waals surface area contributed by atoms with E-state index in [0.29, 0.717) is 6.42 Å². The molecule has 1 aromatic carbocycles. The Labute approximate surface area is 121 Å². The lowest BCUT2D eigenvalue weighted by Gasteiger charge is -2.06. The Hall–Kier alpha value is -1.70. The van der Waals surface area contributed by atoms with Crippen molar-refractivity contribution in [3.8, 4) is 0 Å². The van der Waals surface area contributed by atoms with Crippen LogP contribution in [0, 0.1) is 5.41 Å². The van der Waals surface area contributed by atoms with Gasteiger partial charge in [0, 0.05) is 6.21 Å². The minimum Gasteiger partial charge on any atom is -0.308 e. The van der Waals surface area contributed by atoms with Crippen LogP contribution in [0.3, 0.4) is 0 Å². The van der Waals surface area contributed by atoms with Gasteiger partial charge in [-0.25, -0.2) is 0 Å². The molecule has 0 radical (unpaired) electrons. The van der Waals surface area contributed by atoms with Crippen molar-refractivity contribution < 1.29 is 4.39 Å². The number of unbranched alkanes of at least 4 members (excludes halogenated alkanes) is 1. The van der Waals surface area contributed by atoms with E-state index in [1.807, 2.05) is 6.92 Å². The molecule has 0 atom stereocenters. The maximum Gasteiger partial charge on any atom is 0.0894 e. The van der Waals surface area contributed by atoms with Gasteiger partial charge in [-0.05, 0) is 61.3 Å². The van der Waals surface area contributed by atoms with E-state index < -0.39 is 0 Å². The van der Waals surface area contributed by atoms with Crippen LogP contribution in [-0.4, -0.2) is 12.9 Å². The van der Waals surface area contributed by atoms with E-state index in [-0.39, 0.29) is 6.67 Å². The highest BCUT2D eigenvalue weighted by molar-refractivity contribution is 5.77. The summed E-state index contributed by atoms with van der Waals surface area (Å²) in [6.45, 7) is 5.51. The normalized spacial score (nSPS) is 11.9. The Morgan fingerprint density at radius 1 is 1.15 bits per heavy atom. The maximum absolute atomic E-state index is 12.0. The minimum absolute atomic E-state index is 0.223. The predicted molar refractivity (Wildman–Crippen MR) is 85.4 cm³/mol. The van der Waals surface area contributed by atoms with Crippen LogP contribution >= 0.6 is 0 Å². The number of allylic oxidation sites excluding steroid dienone is 3. The summed E-state index contributed by atoms with van der Waals surface area (Å²) in [5.74, 6) is 0. The third-order valence-electron chi connectivity index (χ3n) is 3.54. The Morgan fingerprint density at radius 3 is 2.25 bits per heavy atom. The highest BCUT2D eigenvalue weighted by atomic mass is 19.1. The van der Waals surface area contributed by atoms with Crippen LogP contribution < -0.4 is 0 Å². The lowest BCUT2D eigenvalue weighted by Crippen LogP contribution is -1.94. The lowest BCUT2D eigenvalue weighted by atomic mass is 9.99. The van der Waals surface area contributed by atoms with Crippen LogP contribution in [-0.2, 0) is 12.8 Å². The second-order valence-corrected chi connectivity index (χ2v) is 5.02. The van der Waals surface area contributed by atoms with Crippen LogP contribution in [0.1, 0.15) is 37.3 Å². The molecule has 1 nitrogen and oxygen atoms in total. The fourth-order valence-electron chi connectivity index (χ4n) is 2.09. The van der Waals surface area contributed by atoms with Crippen LogP contribution in [0.2, 0.25) is 0 Å². The van der Waals surface area contributed by atoms with Crippen molar-refractivity contribution in [3.05, 3.63) is 59.2 Å². The van der Waals surface area contributed by atoms with Gasteiger partial charge in [-0.2, -0.15) is 0 Å². The summed E-state index contributed by atoms with van der Waals surface area (Å²) in [6.07, 6.45) is 7.52. The standard InChI is InChI=1S/C18H24FN/c1-3-15(2)18(14-20)12-11-17-9-7-16(8-10-17)6-4-5-13-19/h3,7-10,14,20H,1,4-6,11-13H2,2H3/b18-15-,20-14?. The summed E-state index contributed by atoms with van der Waals surface area (Å²) in [5, 5.41) is 7.43. The Bertz CT molecular complexity index is 457. The Morgan fingerprint density at radius 2 is 1.75 bits per heavy atom. The first-order valence-corrected chi connectivity index (χ1v) is 7.17. The zero-order valence-corrected chi connectivity index (χ0v) is 12.3. The van der Waals surface area contributed by atoms with E-state index in [1.165, 1.54) is 17.3 Å². The van der Waals surface area contributed by atoms with E-state index in [9.17, 15) is 4.39 Å². The number of nitrogens with one attached hydrogen (secondary N) is 1. The van der Waals surface area contributed by atoms with Crippen molar-refractivity contribution in [2.45, 2.75) is 39.0 Å². The smallest absolute Gasteiger partial charge is 0.0894 e. The Kier molecular flexibility index (Phi) is 7.56. The Balaban J connectivity index is 2.53. The summed E-state index contributed by atoms with van der Waals surface area (Å²) >= 11 is 0. The molecule has 0 aliphatic rings. The van der Waals surface area contributed by atoms with Gasteiger partial charge in [-0.3, -0.25) is 4.39 Å². The van der Waals surface area contributed by atoms with Crippen LogP contribution in [0.5, 0.6) is 0 Å². The number of benzene rings is 1. The summed E-state index contributed by atoms with van der Waals surface area (Å²) < 4.78 is 12.0. The largest absolute Gasteiger partial charge is 0.308 e. The number of aryl methyl sites for hydroxylation is 2. The zero-order chi connectivity index (χ0) is 14.8. The van der Waals surface area contributed by atoms with Crippen molar-refractivity contribution >= 4 is 6.21 Å². The molecule has 0 unspecified atom stereocenters. The van der Waals surface area contributed by atoms with E-state index in [0.717, 1.165) is 36.8 Å². The molecule has 108 valence electrons. The number of alkyl halides is 1. The average molecular weight is 273 g/mol. The van der Waals surface area contributed by atoms with Crippen molar-refractivity contribution in [2.75, 3.05) is 6.67 Å². The van der Waals surface area contributed by atoms with E-state index in [1.54, 1.807) is 6.08 Å². The van der Waals surface area contributed by atoms with Crippen molar-refractivity contribution in [2.24, 2.45) is 0 Å². The fourth-order valence-corrected chi connectivity index (χ4v) is 2.09. The number of hydrogen-bond acceptors (Lipinski definition) is 1. The molecule has 0 saturated heterocycles. The molecular weight excluding hydrogens is 249 g/mol. The van der Waals surface area contributed by atoms with Crippen molar-refractivity contribution in [1.29, 1.82) is 5.41 Å². The first-order chi connectivity index (χ1) is 9.71. The van der Waals surface area contributed by atoms with Gasteiger partial charge in [0.05, 0.1) is 6.67 Å². The molecule has 0 aliphatic heterocycles. The molecule has 0 spiro atoms. The van der Waals surface area contributed by atoms with Gasteiger partial charge < -0.3 is 5.41 Å². The monoisotopic (exact) mass is 273 g/mol. The molecule has 0 saturated carbocycles. The molecular formula is C18H24FN. The van der Waals surface area contributed by atoms with Gasteiger partial charge >= 0.3 is 0 Å². The highest BCUT2D eigenvalue weighted by Crippen LogP contribution is 2.14. The molecule has 0 aliphatic carbocycles. The summed E-state index contributed by atoms with van der Waals surface area (Å²) in [5.41, 5.74) is 4.65. The molecule has 0 fully saturated rings. The van der Waals surface area contributed by atoms with E-state index in [4.69, 9.17) is 5.41 Å². The van der Waals surface area contributed by atoms with Gasteiger partial charge in [0.25, 0.3) is 0 Å². The molecule has 0 aromatic heterocycles. The molecule has 2 heteroatoms. The topological polar surface area (TPSA) is 23.9 Å². The quantitative estimate of drug-likeness (QED) is 0.369. The lowest BCUT2D eigenvalue weighted by molar-refractivity contribution is 0.462. The van der Waals surface area contributed by atoms with Crippen molar-refractivity contribution in [3.63, 3.8) is 0 Å². The number of hydrogen-bond donors (Lipinski definition) is 1. The van der Waals surface area contributed by atoms with Gasteiger partial charge in [0.15, 0.2) is 0 Å². The van der Waals surface area contributed by atoms with Gasteiger partial charge in [0.2, 0.25) is 0 Å². The predicted octanol–water partition coefficient (Wildman–Crippen LogP) is 5.06. The third kappa shape index (κ3) is 5.52. The number of halogens is 1. The average Bonchev–Trinajstić information content (AvgIpc) is 2.49. The molecule has 20 heavy (non-hydrogen) atoms. The third-order valence-corrected chi connectivity index (χ3v) is 3.54. The number of rotatable bonds is 9. The van der Waals surface area contributed by atoms with Gasteiger partial charge in [-0.15, -0.1) is 0 Å². The second-order valence-electron chi connectivity index (χ2n) is 5.02. The SMILES string of the molecule is C=C/C(C)=C(\C=N)CCc1ccc(CCCCF)cc1. The van der Waals surface area contributed by atoms with Gasteiger partial charge in [-0.1, -0.05) is 36.9 Å². The molecule has 0 heterocycles. The van der Waals surface area contributed by atoms with E-state index in [2.05, 4.69) is 30.8 Å². The second kappa shape index (κ2) is 9.24. The first-order valence-electron chi connectivity index (χ1n) is 7.17. The molecule has 1 rings (SSSR count). The fraction of sp³-hybridized carbons (Fsp3) is 0.389. The van der Waals surface area contributed by atoms with Crippen LogP contribution in [0.4, 0.5) is 4.39 Å². The molecule has 0 bridgehead atoms. The molecule has 1 aromatic rings. The highest BCUT2D eigenvalue weighted by Gasteiger charge is 2.00. The summed E-state index contributed by atoms with van der Waals surface area (Å²) in [6, 6.07) is 8.52. The first kappa shape index (κ1) is 16.4. The van der Waals surface area contributed by atoms with Crippen LogP contribution in [0.15, 0.2) is 48.1 Å². The van der Waals surface area contributed by atoms with Gasteiger partial charge in [0.1, 0.15) is 0 Å². The molecule has 0 amide bonds.